The van der Waals surface area contributed by atoms with Crippen molar-refractivity contribution < 1.29 is 9.90 Å². The van der Waals surface area contributed by atoms with E-state index in [1.807, 2.05) is 0 Å². The van der Waals surface area contributed by atoms with E-state index in [0.717, 1.165) is 13.0 Å². The molecule has 1 fully saturated rings. The molecule has 6 heteroatoms. The monoisotopic (exact) mass is 283 g/mol. The molecule has 1 aliphatic rings. The molecule has 0 radical (unpaired) electrons. The van der Waals surface area contributed by atoms with Crippen molar-refractivity contribution in [3.05, 3.63) is 22.7 Å². The summed E-state index contributed by atoms with van der Waals surface area (Å²) in [5, 5.41) is 12.7. The van der Waals surface area contributed by atoms with Crippen LogP contribution >= 0.6 is 11.6 Å². The Labute approximate surface area is 117 Å². The zero-order chi connectivity index (χ0) is 14.0. The second-order valence-electron chi connectivity index (χ2n) is 4.89. The number of carbonyl (C=O) groups is 1. The van der Waals surface area contributed by atoms with Crippen molar-refractivity contribution in [2.45, 2.75) is 18.9 Å². The molecule has 5 nitrogen and oxygen atoms in total. The normalized spacial score (nSPS) is 19.6. The predicted molar refractivity (Wildman–Crippen MR) is 77.0 cm³/mol. The summed E-state index contributed by atoms with van der Waals surface area (Å²) in [5.74, 6) is -1.03. The van der Waals surface area contributed by atoms with Gasteiger partial charge in [-0.15, -0.1) is 0 Å². The average molecular weight is 284 g/mol. The number of nitrogens with one attached hydrogen (secondary N) is 1. The minimum absolute atomic E-state index is 0.116. The van der Waals surface area contributed by atoms with Crippen LogP contribution in [0.5, 0.6) is 0 Å². The van der Waals surface area contributed by atoms with E-state index in [1.165, 1.54) is 12.5 Å². The smallest absolute Gasteiger partial charge is 0.337 e. The quantitative estimate of drug-likeness (QED) is 0.738. The fourth-order valence-corrected chi connectivity index (χ4v) is 2.73. The summed E-state index contributed by atoms with van der Waals surface area (Å²) in [4.78, 5) is 13.5. The zero-order valence-corrected chi connectivity index (χ0v) is 11.6. The number of nitrogen functional groups attached to an aromatic ring is 1. The van der Waals surface area contributed by atoms with Gasteiger partial charge in [0.15, 0.2) is 0 Å². The van der Waals surface area contributed by atoms with Gasteiger partial charge in [0.25, 0.3) is 0 Å². The van der Waals surface area contributed by atoms with Gasteiger partial charge < -0.3 is 21.1 Å². The fraction of sp³-hybridized carbons (Fsp3) is 0.462. The molecule has 1 aliphatic heterocycles. The van der Waals surface area contributed by atoms with Crippen LogP contribution in [0.3, 0.4) is 0 Å². The number of hydrogen-bond donors (Lipinski definition) is 3. The number of anilines is 2. The second kappa shape index (κ2) is 5.67. The lowest BCUT2D eigenvalue weighted by Crippen LogP contribution is -2.32. The van der Waals surface area contributed by atoms with Gasteiger partial charge >= 0.3 is 5.97 Å². The molecule has 0 saturated carbocycles. The third-order valence-corrected chi connectivity index (χ3v) is 3.83. The molecule has 1 unspecified atom stereocenters. The largest absolute Gasteiger partial charge is 0.478 e. The molecule has 1 atom stereocenters. The maximum Gasteiger partial charge on any atom is 0.337 e. The molecule has 1 saturated heterocycles. The molecule has 4 N–H and O–H groups in total. The van der Waals surface area contributed by atoms with Gasteiger partial charge in [0.05, 0.1) is 16.3 Å². The summed E-state index contributed by atoms with van der Waals surface area (Å²) >= 11 is 6.08. The summed E-state index contributed by atoms with van der Waals surface area (Å²) in [6.45, 7) is 1.76. The van der Waals surface area contributed by atoms with Gasteiger partial charge in [0.2, 0.25) is 0 Å². The zero-order valence-electron chi connectivity index (χ0n) is 10.8. The van der Waals surface area contributed by atoms with E-state index in [0.29, 0.717) is 29.0 Å². The lowest BCUT2D eigenvalue weighted by molar-refractivity contribution is 0.0698. The molecule has 1 aromatic rings. The fourth-order valence-electron chi connectivity index (χ4n) is 2.43. The first-order chi connectivity index (χ1) is 8.99. The molecule has 2 rings (SSSR count). The van der Waals surface area contributed by atoms with Gasteiger partial charge in [0.1, 0.15) is 0 Å². The number of carboxylic acid groups (broad SMARTS) is 1. The van der Waals surface area contributed by atoms with Crippen molar-refractivity contribution in [1.82, 2.24) is 4.90 Å². The van der Waals surface area contributed by atoms with E-state index >= 15 is 0 Å². The average Bonchev–Trinajstić information content (AvgIpc) is 2.73. The first-order valence-electron chi connectivity index (χ1n) is 6.25. The van der Waals surface area contributed by atoms with Crippen molar-refractivity contribution in [3.63, 3.8) is 0 Å². The highest BCUT2D eigenvalue weighted by atomic mass is 35.5. The Hall–Kier alpha value is -1.46. The molecule has 1 aromatic carbocycles. The van der Waals surface area contributed by atoms with Gasteiger partial charge in [-0.2, -0.15) is 0 Å². The minimum atomic E-state index is -1.03. The maximum atomic E-state index is 11.2. The van der Waals surface area contributed by atoms with E-state index in [2.05, 4.69) is 17.3 Å². The van der Waals surface area contributed by atoms with Crippen molar-refractivity contribution >= 4 is 28.9 Å². The predicted octanol–water partition coefficient (Wildman–Crippen LogP) is 2.13. The summed E-state index contributed by atoms with van der Waals surface area (Å²) in [6.07, 6.45) is 2.28. The molecular weight excluding hydrogens is 266 g/mol. The molecule has 0 spiro atoms. The maximum absolute atomic E-state index is 11.2. The molecule has 1 heterocycles. The number of hydrogen-bond acceptors (Lipinski definition) is 4. The number of nitrogens with two attached hydrogens (primary N) is 1. The third kappa shape index (κ3) is 3.11. The van der Waals surface area contributed by atoms with Crippen LogP contribution < -0.4 is 11.1 Å². The number of benzene rings is 1. The van der Waals surface area contributed by atoms with Gasteiger partial charge in [0, 0.05) is 18.3 Å². The van der Waals surface area contributed by atoms with Gasteiger partial charge in [-0.05, 0) is 38.6 Å². The van der Waals surface area contributed by atoms with Gasteiger partial charge in [-0.1, -0.05) is 11.6 Å². The number of nitrogens with zero attached hydrogens (tertiary/aromatic N) is 1. The highest BCUT2D eigenvalue weighted by Gasteiger charge is 2.22. The van der Waals surface area contributed by atoms with Gasteiger partial charge in [-0.3, -0.25) is 0 Å². The summed E-state index contributed by atoms with van der Waals surface area (Å²) < 4.78 is 0. The number of likely N-dealkylation sites (N-methyl/N-ethyl adjacent to an activating group) is 1. The van der Waals surface area contributed by atoms with E-state index < -0.39 is 5.97 Å². The second-order valence-corrected chi connectivity index (χ2v) is 5.30. The third-order valence-electron chi connectivity index (χ3n) is 3.53. The molecule has 0 bridgehead atoms. The number of likely N-dealkylation sites (tertiary alicyclic amines) is 1. The molecule has 104 valence electrons. The highest BCUT2D eigenvalue weighted by Crippen LogP contribution is 2.29. The van der Waals surface area contributed by atoms with Crippen LogP contribution in [0.2, 0.25) is 5.02 Å². The Morgan fingerprint density at radius 1 is 1.63 bits per heavy atom. The van der Waals surface area contributed by atoms with Crippen LogP contribution in [-0.4, -0.2) is 42.2 Å². The highest BCUT2D eigenvalue weighted by molar-refractivity contribution is 6.34. The van der Waals surface area contributed by atoms with Crippen molar-refractivity contribution in [2.75, 3.05) is 31.2 Å². The topological polar surface area (TPSA) is 78.6 Å². The first kappa shape index (κ1) is 14.0. The summed E-state index contributed by atoms with van der Waals surface area (Å²) in [6, 6.07) is 3.40. The lowest BCUT2D eigenvalue weighted by atomic mass is 10.1. The SMILES string of the molecule is CN1CCCC1CNc1c(Cl)cc(N)cc1C(=O)O. The Morgan fingerprint density at radius 2 is 2.37 bits per heavy atom. The molecule has 0 amide bonds. The Kier molecular flexibility index (Phi) is 4.17. The summed E-state index contributed by atoms with van der Waals surface area (Å²) in [7, 11) is 2.07. The van der Waals surface area contributed by atoms with Crippen LogP contribution in [0, 0.1) is 0 Å². The number of halogens is 1. The number of aromatic carboxylic acids is 1. The molecular formula is C13H18ClN3O2. The van der Waals surface area contributed by atoms with Crippen molar-refractivity contribution in [2.24, 2.45) is 0 Å². The van der Waals surface area contributed by atoms with Crippen LogP contribution in [0.4, 0.5) is 11.4 Å². The van der Waals surface area contributed by atoms with Gasteiger partial charge in [-0.25, -0.2) is 4.79 Å². The molecule has 0 aliphatic carbocycles. The Bertz CT molecular complexity index is 493. The van der Waals surface area contributed by atoms with Crippen LogP contribution in [0.1, 0.15) is 23.2 Å². The Balaban J connectivity index is 2.17. The van der Waals surface area contributed by atoms with Crippen molar-refractivity contribution in [1.29, 1.82) is 0 Å². The number of carboxylic acids is 1. The molecule has 19 heavy (non-hydrogen) atoms. The Morgan fingerprint density at radius 3 is 2.95 bits per heavy atom. The van der Waals surface area contributed by atoms with Crippen LogP contribution in [0.25, 0.3) is 0 Å². The summed E-state index contributed by atoms with van der Waals surface area (Å²) in [5.41, 5.74) is 6.54. The first-order valence-corrected chi connectivity index (χ1v) is 6.63. The minimum Gasteiger partial charge on any atom is -0.478 e. The van der Waals surface area contributed by atoms with Crippen LogP contribution in [-0.2, 0) is 0 Å². The number of rotatable bonds is 4. The van der Waals surface area contributed by atoms with E-state index in [9.17, 15) is 9.90 Å². The van der Waals surface area contributed by atoms with Crippen LogP contribution in [0.15, 0.2) is 12.1 Å². The molecule has 0 aromatic heterocycles. The van der Waals surface area contributed by atoms with E-state index in [-0.39, 0.29) is 5.56 Å². The van der Waals surface area contributed by atoms with Crippen molar-refractivity contribution in [3.8, 4) is 0 Å². The van der Waals surface area contributed by atoms with E-state index in [4.69, 9.17) is 17.3 Å². The lowest BCUT2D eigenvalue weighted by Gasteiger charge is -2.21. The standard InChI is InChI=1S/C13H18ClN3O2/c1-17-4-2-3-9(17)7-16-12-10(13(18)19)5-8(15)6-11(12)14/h5-6,9,16H,2-4,7,15H2,1H3,(H,18,19). The van der Waals surface area contributed by atoms with E-state index in [1.54, 1.807) is 6.07 Å².